The molecule has 1 saturated carbocycles. The van der Waals surface area contributed by atoms with E-state index in [9.17, 15) is 0 Å². The first-order valence-electron chi connectivity index (χ1n) is 7.66. The fraction of sp³-hybridized carbons (Fsp3) is 0.647. The number of nitrogens with zero attached hydrogens (tertiary/aromatic N) is 1. The highest BCUT2D eigenvalue weighted by Gasteiger charge is 2.24. The Morgan fingerprint density at radius 1 is 1.21 bits per heavy atom. The van der Waals surface area contributed by atoms with Crippen molar-refractivity contribution in [2.45, 2.75) is 58.0 Å². The molecular formula is C17H28N2. The first-order valence-corrected chi connectivity index (χ1v) is 7.66. The summed E-state index contributed by atoms with van der Waals surface area (Å²) in [6, 6.07) is 8.13. The van der Waals surface area contributed by atoms with Crippen molar-refractivity contribution < 1.29 is 0 Å². The molecule has 1 N–H and O–H groups in total. The van der Waals surface area contributed by atoms with Crippen molar-refractivity contribution >= 4 is 5.69 Å². The summed E-state index contributed by atoms with van der Waals surface area (Å²) < 4.78 is 0. The summed E-state index contributed by atoms with van der Waals surface area (Å²) in [4.78, 5) is 2.54. The van der Waals surface area contributed by atoms with Crippen molar-refractivity contribution in [1.29, 1.82) is 0 Å². The van der Waals surface area contributed by atoms with E-state index >= 15 is 0 Å². The average molecular weight is 260 g/mol. The normalized spacial score (nSPS) is 23.4. The van der Waals surface area contributed by atoms with Crippen molar-refractivity contribution in [3.05, 3.63) is 29.3 Å². The summed E-state index contributed by atoms with van der Waals surface area (Å²) in [5.74, 6) is 0. The maximum atomic E-state index is 3.42. The zero-order chi connectivity index (χ0) is 13.8. The highest BCUT2D eigenvalue weighted by Crippen LogP contribution is 2.31. The molecule has 106 valence electrons. The number of aryl methyl sites for hydroxylation is 2. The monoisotopic (exact) mass is 260 g/mol. The van der Waals surface area contributed by atoms with Gasteiger partial charge in [0.15, 0.2) is 0 Å². The van der Waals surface area contributed by atoms with Gasteiger partial charge in [0.2, 0.25) is 0 Å². The second kappa shape index (κ2) is 6.42. The molecule has 19 heavy (non-hydrogen) atoms. The summed E-state index contributed by atoms with van der Waals surface area (Å²) in [6.07, 6.45) is 6.34. The Morgan fingerprint density at radius 3 is 2.47 bits per heavy atom. The van der Waals surface area contributed by atoms with Gasteiger partial charge in [-0.1, -0.05) is 25.1 Å². The maximum Gasteiger partial charge on any atom is 0.0428 e. The van der Waals surface area contributed by atoms with Gasteiger partial charge in [0.05, 0.1) is 0 Å². The zero-order valence-corrected chi connectivity index (χ0v) is 12.9. The lowest BCUT2D eigenvalue weighted by Crippen LogP contribution is -2.40. The fourth-order valence-electron chi connectivity index (χ4n) is 3.44. The van der Waals surface area contributed by atoms with Gasteiger partial charge < -0.3 is 10.2 Å². The zero-order valence-electron chi connectivity index (χ0n) is 12.9. The molecule has 0 aromatic heterocycles. The van der Waals surface area contributed by atoms with Gasteiger partial charge in [-0.15, -0.1) is 0 Å². The topological polar surface area (TPSA) is 15.3 Å². The smallest absolute Gasteiger partial charge is 0.0428 e. The van der Waals surface area contributed by atoms with Crippen molar-refractivity contribution in [2.75, 3.05) is 19.0 Å². The van der Waals surface area contributed by atoms with Crippen LogP contribution in [0.5, 0.6) is 0 Å². The number of hydrogen-bond acceptors (Lipinski definition) is 2. The lowest BCUT2D eigenvalue weighted by Gasteiger charge is -2.37. The molecule has 2 heteroatoms. The largest absolute Gasteiger partial charge is 0.371 e. The summed E-state index contributed by atoms with van der Waals surface area (Å²) >= 11 is 0. The van der Waals surface area contributed by atoms with Crippen LogP contribution in [0, 0.1) is 6.92 Å². The molecule has 0 amide bonds. The van der Waals surface area contributed by atoms with Crippen LogP contribution in [0.2, 0.25) is 0 Å². The van der Waals surface area contributed by atoms with Crippen molar-refractivity contribution in [3.63, 3.8) is 0 Å². The minimum atomic E-state index is 0.705. The molecule has 0 saturated heterocycles. The summed E-state index contributed by atoms with van der Waals surface area (Å²) in [7, 11) is 4.37. The maximum absolute atomic E-state index is 3.42. The van der Waals surface area contributed by atoms with Gasteiger partial charge in [-0.05, 0) is 57.2 Å². The fourth-order valence-corrected chi connectivity index (χ4v) is 3.44. The third-order valence-corrected chi connectivity index (χ3v) is 4.71. The van der Waals surface area contributed by atoms with Gasteiger partial charge in [0, 0.05) is 24.8 Å². The van der Waals surface area contributed by atoms with Crippen LogP contribution in [0.4, 0.5) is 5.69 Å². The second-order valence-corrected chi connectivity index (χ2v) is 5.84. The number of anilines is 1. The van der Waals surface area contributed by atoms with Crippen LogP contribution in [0.15, 0.2) is 18.2 Å². The van der Waals surface area contributed by atoms with Crippen molar-refractivity contribution in [3.8, 4) is 0 Å². The van der Waals surface area contributed by atoms with Crippen LogP contribution in [0.1, 0.15) is 43.7 Å². The van der Waals surface area contributed by atoms with E-state index in [0.29, 0.717) is 6.04 Å². The Kier molecular flexibility index (Phi) is 4.87. The van der Waals surface area contributed by atoms with Crippen LogP contribution >= 0.6 is 0 Å². The quantitative estimate of drug-likeness (QED) is 0.891. The van der Waals surface area contributed by atoms with Crippen LogP contribution in [-0.2, 0) is 6.42 Å². The third-order valence-electron chi connectivity index (χ3n) is 4.71. The predicted molar refractivity (Wildman–Crippen MR) is 84.1 cm³/mol. The number of para-hydroxylation sites is 1. The Labute approximate surface area is 118 Å². The molecule has 0 atom stereocenters. The molecule has 1 aromatic carbocycles. The molecule has 2 rings (SSSR count). The summed E-state index contributed by atoms with van der Waals surface area (Å²) in [5, 5.41) is 3.42. The molecule has 0 aliphatic heterocycles. The molecule has 2 nitrogen and oxygen atoms in total. The lowest BCUT2D eigenvalue weighted by atomic mass is 9.89. The molecule has 0 radical (unpaired) electrons. The Hall–Kier alpha value is -1.02. The molecule has 1 aliphatic carbocycles. The van der Waals surface area contributed by atoms with Crippen molar-refractivity contribution in [2.24, 2.45) is 0 Å². The molecule has 1 fully saturated rings. The van der Waals surface area contributed by atoms with E-state index in [1.807, 2.05) is 0 Å². The Balaban J connectivity index is 2.14. The second-order valence-electron chi connectivity index (χ2n) is 5.84. The van der Waals surface area contributed by atoms with E-state index in [2.05, 4.69) is 56.4 Å². The molecule has 0 unspecified atom stereocenters. The van der Waals surface area contributed by atoms with E-state index in [1.165, 1.54) is 42.5 Å². The molecule has 0 bridgehead atoms. The van der Waals surface area contributed by atoms with Gasteiger partial charge in [-0.2, -0.15) is 0 Å². The third kappa shape index (κ3) is 3.11. The van der Waals surface area contributed by atoms with Gasteiger partial charge in [0.1, 0.15) is 0 Å². The van der Waals surface area contributed by atoms with Crippen LogP contribution < -0.4 is 10.2 Å². The summed E-state index contributed by atoms with van der Waals surface area (Å²) in [5.41, 5.74) is 4.37. The minimum absolute atomic E-state index is 0.705. The number of rotatable bonds is 4. The average Bonchev–Trinajstić information content (AvgIpc) is 2.46. The standard InChI is InChI=1S/C17H28N2/c1-5-14-8-6-7-13(2)17(14)19(4)16-11-9-15(18-3)10-12-16/h6-8,15-16,18H,5,9-12H2,1-4H3. The van der Waals surface area contributed by atoms with E-state index in [0.717, 1.165) is 12.5 Å². The highest BCUT2D eigenvalue weighted by atomic mass is 15.1. The number of nitrogens with one attached hydrogen (secondary N) is 1. The molecule has 1 aliphatic rings. The van der Waals surface area contributed by atoms with Crippen LogP contribution in [0.25, 0.3) is 0 Å². The first-order chi connectivity index (χ1) is 9.17. The van der Waals surface area contributed by atoms with Gasteiger partial charge in [-0.3, -0.25) is 0 Å². The van der Waals surface area contributed by atoms with E-state index in [4.69, 9.17) is 0 Å². The van der Waals surface area contributed by atoms with Gasteiger partial charge in [-0.25, -0.2) is 0 Å². The first kappa shape index (κ1) is 14.4. The molecule has 1 aromatic rings. The number of hydrogen-bond donors (Lipinski definition) is 1. The Bertz CT molecular complexity index is 406. The molecule has 0 heterocycles. The van der Waals surface area contributed by atoms with E-state index < -0.39 is 0 Å². The van der Waals surface area contributed by atoms with E-state index in [-0.39, 0.29) is 0 Å². The van der Waals surface area contributed by atoms with Crippen LogP contribution in [-0.4, -0.2) is 26.2 Å². The molecule has 0 spiro atoms. The SMILES string of the molecule is CCc1cccc(C)c1N(C)C1CCC(NC)CC1. The highest BCUT2D eigenvalue weighted by molar-refractivity contribution is 5.59. The van der Waals surface area contributed by atoms with Gasteiger partial charge in [0.25, 0.3) is 0 Å². The van der Waals surface area contributed by atoms with Gasteiger partial charge >= 0.3 is 0 Å². The van der Waals surface area contributed by atoms with E-state index in [1.54, 1.807) is 0 Å². The predicted octanol–water partition coefficient (Wildman–Crippen LogP) is 3.52. The molecular weight excluding hydrogens is 232 g/mol. The van der Waals surface area contributed by atoms with Crippen LogP contribution in [0.3, 0.4) is 0 Å². The Morgan fingerprint density at radius 2 is 1.89 bits per heavy atom. The number of benzene rings is 1. The van der Waals surface area contributed by atoms with Crippen molar-refractivity contribution in [1.82, 2.24) is 5.32 Å². The lowest BCUT2D eigenvalue weighted by molar-refractivity contribution is 0.351. The summed E-state index contributed by atoms with van der Waals surface area (Å²) in [6.45, 7) is 4.49. The minimum Gasteiger partial charge on any atom is -0.371 e.